The van der Waals surface area contributed by atoms with Crippen molar-refractivity contribution in [3.8, 4) is 0 Å². The van der Waals surface area contributed by atoms with Crippen LogP contribution in [0.15, 0.2) is 12.4 Å². The first-order valence-corrected chi connectivity index (χ1v) is 2.40. The van der Waals surface area contributed by atoms with Crippen LogP contribution in [-0.4, -0.2) is 6.04 Å². The lowest BCUT2D eigenvalue weighted by molar-refractivity contribution is 0.701. The minimum Gasteiger partial charge on any atom is -0.403 e. The molecule has 0 amide bonds. The summed E-state index contributed by atoms with van der Waals surface area (Å²) in [5, 5.41) is 2.99. The van der Waals surface area contributed by atoms with Crippen LogP contribution in [0.3, 0.4) is 0 Å². The van der Waals surface area contributed by atoms with Crippen LogP contribution in [0.5, 0.6) is 0 Å². The number of nitrogens with two attached hydrogens (primary N) is 1. The van der Waals surface area contributed by atoms with E-state index in [1.165, 1.54) is 6.20 Å². The molecule has 0 atom stereocenters. The van der Waals surface area contributed by atoms with Crippen molar-refractivity contribution in [3.05, 3.63) is 12.4 Å². The van der Waals surface area contributed by atoms with E-state index in [0.717, 1.165) is 0 Å². The molecule has 0 aromatic carbocycles. The molecule has 0 aliphatic heterocycles. The van der Waals surface area contributed by atoms with Gasteiger partial charge in [-0.1, -0.05) is 0 Å². The first-order chi connectivity index (χ1) is 3.27. The predicted molar refractivity (Wildman–Crippen MR) is 31.6 cm³/mol. The number of nitrogens with one attached hydrogen (secondary N) is 1. The van der Waals surface area contributed by atoms with Gasteiger partial charge in [-0.3, -0.25) is 0 Å². The van der Waals surface area contributed by atoms with E-state index in [1.807, 2.05) is 0 Å². The number of hydrogen-bond donors (Lipinski definition) is 2. The quantitative estimate of drug-likeness (QED) is 0.527. The molecule has 0 fully saturated rings. The topological polar surface area (TPSA) is 38.0 Å². The van der Waals surface area contributed by atoms with Crippen LogP contribution >= 0.6 is 0 Å². The second kappa shape index (κ2) is 3.53. The molecule has 0 aliphatic carbocycles. The summed E-state index contributed by atoms with van der Waals surface area (Å²) in [6, 6.07) is 0.486. The third-order valence-corrected chi connectivity index (χ3v) is 0.526. The Morgan fingerprint density at radius 1 is 1.57 bits per heavy atom. The lowest BCUT2D eigenvalue weighted by Crippen LogP contribution is -2.15. The average molecular weight is 100 g/mol. The fourth-order valence-corrected chi connectivity index (χ4v) is 0.248. The molecule has 0 radical (unpaired) electrons. The van der Waals surface area contributed by atoms with E-state index >= 15 is 0 Å². The summed E-state index contributed by atoms with van der Waals surface area (Å²) in [7, 11) is 0. The monoisotopic (exact) mass is 100 g/mol. The van der Waals surface area contributed by atoms with Gasteiger partial charge in [0.05, 0.1) is 0 Å². The highest BCUT2D eigenvalue weighted by molar-refractivity contribution is 4.73. The zero-order valence-electron chi connectivity index (χ0n) is 4.81. The van der Waals surface area contributed by atoms with Gasteiger partial charge in [-0.05, 0) is 13.8 Å². The third-order valence-electron chi connectivity index (χ3n) is 0.526. The summed E-state index contributed by atoms with van der Waals surface area (Å²) in [5.41, 5.74) is 5.03. The van der Waals surface area contributed by atoms with Gasteiger partial charge in [0.25, 0.3) is 0 Å². The molecule has 0 aromatic rings. The Hall–Kier alpha value is -0.660. The van der Waals surface area contributed by atoms with Gasteiger partial charge in [-0.15, -0.1) is 0 Å². The first-order valence-electron chi connectivity index (χ1n) is 2.40. The lowest BCUT2D eigenvalue weighted by Gasteiger charge is -2.00. The van der Waals surface area contributed by atoms with E-state index in [0.29, 0.717) is 6.04 Å². The van der Waals surface area contributed by atoms with Crippen molar-refractivity contribution in [1.82, 2.24) is 5.32 Å². The van der Waals surface area contributed by atoms with Crippen molar-refractivity contribution in [3.63, 3.8) is 0 Å². The molecule has 2 heteroatoms. The van der Waals surface area contributed by atoms with Crippen LogP contribution in [0, 0.1) is 0 Å². The van der Waals surface area contributed by atoms with E-state index in [1.54, 1.807) is 6.20 Å². The highest BCUT2D eigenvalue weighted by atomic mass is 14.9. The van der Waals surface area contributed by atoms with E-state index < -0.39 is 0 Å². The summed E-state index contributed by atoms with van der Waals surface area (Å²) in [4.78, 5) is 0. The van der Waals surface area contributed by atoms with Crippen LogP contribution < -0.4 is 11.1 Å². The molecule has 42 valence electrons. The molecule has 3 N–H and O–H groups in total. The van der Waals surface area contributed by atoms with Gasteiger partial charge < -0.3 is 11.1 Å². The molecule has 0 saturated carbocycles. The maximum atomic E-state index is 5.03. The molecular weight excluding hydrogens is 88.1 g/mol. The Labute approximate surface area is 44.4 Å². The largest absolute Gasteiger partial charge is 0.403 e. The van der Waals surface area contributed by atoms with Gasteiger partial charge in [0.15, 0.2) is 0 Å². The number of hydrogen-bond acceptors (Lipinski definition) is 2. The zero-order valence-corrected chi connectivity index (χ0v) is 4.81. The van der Waals surface area contributed by atoms with Crippen LogP contribution in [0.4, 0.5) is 0 Å². The Morgan fingerprint density at radius 2 is 2.14 bits per heavy atom. The zero-order chi connectivity index (χ0) is 5.70. The van der Waals surface area contributed by atoms with Crippen LogP contribution in [0.2, 0.25) is 0 Å². The molecule has 0 aromatic heterocycles. The standard InChI is InChI=1S/C5H12N2/c1-5(2)7-4-3-6/h3-5,7H,6H2,1-2H3/b4-3-. The van der Waals surface area contributed by atoms with Gasteiger partial charge >= 0.3 is 0 Å². The maximum Gasteiger partial charge on any atom is 0.0199 e. The van der Waals surface area contributed by atoms with Crippen molar-refractivity contribution in [1.29, 1.82) is 0 Å². The normalized spacial score (nSPS) is 10.7. The Morgan fingerprint density at radius 3 is 2.29 bits per heavy atom. The molecule has 0 unspecified atom stereocenters. The number of rotatable bonds is 2. The smallest absolute Gasteiger partial charge is 0.0199 e. The van der Waals surface area contributed by atoms with Crippen molar-refractivity contribution < 1.29 is 0 Å². The highest BCUT2D eigenvalue weighted by Gasteiger charge is 1.79. The summed E-state index contributed by atoms with van der Waals surface area (Å²) >= 11 is 0. The van der Waals surface area contributed by atoms with Crippen molar-refractivity contribution in [2.45, 2.75) is 19.9 Å². The fraction of sp³-hybridized carbons (Fsp3) is 0.600. The molecule has 0 rings (SSSR count). The predicted octanol–water partition coefficient (Wildman–Crippen LogP) is 0.414. The molecular formula is C5H12N2. The fourth-order valence-electron chi connectivity index (χ4n) is 0.248. The highest BCUT2D eigenvalue weighted by Crippen LogP contribution is 1.72. The Bertz CT molecular complexity index is 57.1. The molecule has 0 spiro atoms. The molecule has 0 heterocycles. The SMILES string of the molecule is CC(C)N/C=C\N. The van der Waals surface area contributed by atoms with Gasteiger partial charge in [-0.2, -0.15) is 0 Å². The van der Waals surface area contributed by atoms with Crippen molar-refractivity contribution in [2.75, 3.05) is 0 Å². The van der Waals surface area contributed by atoms with E-state index in [9.17, 15) is 0 Å². The van der Waals surface area contributed by atoms with E-state index in [2.05, 4.69) is 19.2 Å². The molecule has 2 nitrogen and oxygen atoms in total. The van der Waals surface area contributed by atoms with E-state index in [4.69, 9.17) is 5.73 Å². The molecule has 0 bridgehead atoms. The third kappa shape index (κ3) is 5.34. The van der Waals surface area contributed by atoms with E-state index in [-0.39, 0.29) is 0 Å². The summed E-state index contributed by atoms with van der Waals surface area (Å²) in [6.07, 6.45) is 3.21. The van der Waals surface area contributed by atoms with Crippen LogP contribution in [-0.2, 0) is 0 Å². The van der Waals surface area contributed by atoms with Gasteiger partial charge in [0, 0.05) is 18.4 Å². The van der Waals surface area contributed by atoms with Gasteiger partial charge in [0.1, 0.15) is 0 Å². The second-order valence-corrected chi connectivity index (χ2v) is 1.68. The van der Waals surface area contributed by atoms with Gasteiger partial charge in [-0.25, -0.2) is 0 Å². The van der Waals surface area contributed by atoms with Gasteiger partial charge in [0.2, 0.25) is 0 Å². The Kier molecular flexibility index (Phi) is 3.19. The summed E-state index contributed by atoms with van der Waals surface area (Å²) in [6.45, 7) is 4.11. The molecule has 0 saturated heterocycles. The Balaban J connectivity index is 2.97. The van der Waals surface area contributed by atoms with Crippen molar-refractivity contribution in [2.24, 2.45) is 5.73 Å². The summed E-state index contributed by atoms with van der Waals surface area (Å²) < 4.78 is 0. The molecule has 0 aliphatic rings. The van der Waals surface area contributed by atoms with Crippen LogP contribution in [0.1, 0.15) is 13.8 Å². The average Bonchev–Trinajstić information content (AvgIpc) is 1.61. The lowest BCUT2D eigenvalue weighted by atomic mass is 10.4. The molecule has 7 heavy (non-hydrogen) atoms. The first kappa shape index (κ1) is 6.34. The maximum absolute atomic E-state index is 5.03. The second-order valence-electron chi connectivity index (χ2n) is 1.68. The minimum atomic E-state index is 0.486. The van der Waals surface area contributed by atoms with Crippen LogP contribution in [0.25, 0.3) is 0 Å². The minimum absolute atomic E-state index is 0.486. The van der Waals surface area contributed by atoms with Crippen molar-refractivity contribution >= 4 is 0 Å². The summed E-state index contributed by atoms with van der Waals surface area (Å²) in [5.74, 6) is 0.